The molecule has 6 nitrogen and oxygen atoms in total. The lowest BCUT2D eigenvalue weighted by Crippen LogP contribution is -2.46. The van der Waals surface area contributed by atoms with E-state index in [0.29, 0.717) is 0 Å². The number of hydrogen-bond acceptors (Lipinski definition) is 6. The number of benzene rings is 1. The van der Waals surface area contributed by atoms with Crippen molar-refractivity contribution >= 4 is 29.0 Å². The maximum Gasteiger partial charge on any atom is 0.267 e. The molecule has 7 heteroatoms. The van der Waals surface area contributed by atoms with E-state index in [-0.39, 0.29) is 0 Å². The zero-order chi connectivity index (χ0) is 17.6. The predicted octanol–water partition coefficient (Wildman–Crippen LogP) is 2.29. The minimum Gasteiger partial charge on any atom is -0.368 e. The van der Waals surface area contributed by atoms with Crippen LogP contribution in [0, 0.1) is 6.92 Å². The van der Waals surface area contributed by atoms with Gasteiger partial charge < -0.3 is 4.90 Å². The van der Waals surface area contributed by atoms with Gasteiger partial charge in [0.25, 0.3) is 5.91 Å². The standard InChI is InChI=1S/C18H22N4O2S/c1-14-13-25-18(19-14)12-21-8-10-22(11-9-21)16-5-3-2-4-15(16)6-7-17(23)20-24/h2-7,13,24H,8-12H2,1H3,(H,20,23). The van der Waals surface area contributed by atoms with Crippen LogP contribution in [-0.2, 0) is 11.3 Å². The van der Waals surface area contributed by atoms with E-state index >= 15 is 0 Å². The van der Waals surface area contributed by atoms with Crippen molar-refractivity contribution in [3.63, 3.8) is 0 Å². The summed E-state index contributed by atoms with van der Waals surface area (Å²) in [6.07, 6.45) is 3.06. The van der Waals surface area contributed by atoms with Crippen molar-refractivity contribution in [1.29, 1.82) is 0 Å². The normalized spacial score (nSPS) is 15.7. The fourth-order valence-electron chi connectivity index (χ4n) is 2.93. The summed E-state index contributed by atoms with van der Waals surface area (Å²) in [5.74, 6) is -0.529. The first-order valence-electron chi connectivity index (χ1n) is 8.25. The first kappa shape index (κ1) is 17.6. The number of carbonyl (C=O) groups is 1. The lowest BCUT2D eigenvalue weighted by Gasteiger charge is -2.36. The maximum atomic E-state index is 11.2. The van der Waals surface area contributed by atoms with Gasteiger partial charge in [0.05, 0.1) is 6.54 Å². The van der Waals surface area contributed by atoms with Gasteiger partial charge in [-0.1, -0.05) is 18.2 Å². The molecule has 0 spiro atoms. The van der Waals surface area contributed by atoms with Crippen LogP contribution < -0.4 is 10.4 Å². The van der Waals surface area contributed by atoms with Gasteiger partial charge >= 0.3 is 0 Å². The van der Waals surface area contributed by atoms with Crippen LogP contribution >= 0.6 is 11.3 Å². The van der Waals surface area contributed by atoms with Gasteiger partial charge in [-0.2, -0.15) is 0 Å². The lowest BCUT2D eigenvalue weighted by atomic mass is 10.1. The lowest BCUT2D eigenvalue weighted by molar-refractivity contribution is -0.124. The first-order chi connectivity index (χ1) is 12.2. The highest BCUT2D eigenvalue weighted by Crippen LogP contribution is 2.23. The topological polar surface area (TPSA) is 68.7 Å². The Hall–Kier alpha value is -2.22. The average molecular weight is 358 g/mol. The molecule has 1 aliphatic rings. The summed E-state index contributed by atoms with van der Waals surface area (Å²) < 4.78 is 0. The number of anilines is 1. The zero-order valence-corrected chi connectivity index (χ0v) is 15.0. The molecule has 0 unspecified atom stereocenters. The number of thiazole rings is 1. The molecule has 1 fully saturated rings. The van der Waals surface area contributed by atoms with E-state index in [4.69, 9.17) is 5.21 Å². The van der Waals surface area contributed by atoms with Crippen molar-refractivity contribution < 1.29 is 10.0 Å². The molecule has 132 valence electrons. The fourth-order valence-corrected chi connectivity index (χ4v) is 3.75. The van der Waals surface area contributed by atoms with Gasteiger partial charge in [-0.25, -0.2) is 10.5 Å². The van der Waals surface area contributed by atoms with E-state index in [0.717, 1.165) is 49.7 Å². The van der Waals surface area contributed by atoms with E-state index in [1.807, 2.05) is 25.1 Å². The number of nitrogens with zero attached hydrogens (tertiary/aromatic N) is 3. The average Bonchev–Trinajstić information content (AvgIpc) is 3.05. The van der Waals surface area contributed by atoms with Crippen molar-refractivity contribution in [2.24, 2.45) is 0 Å². The monoisotopic (exact) mass is 358 g/mol. The molecule has 0 saturated carbocycles. The Morgan fingerprint density at radius 3 is 2.76 bits per heavy atom. The minimum atomic E-state index is -0.529. The summed E-state index contributed by atoms with van der Waals surface area (Å²) in [6, 6.07) is 7.99. The minimum absolute atomic E-state index is 0.529. The van der Waals surface area contributed by atoms with Crippen molar-refractivity contribution in [3.8, 4) is 0 Å². The van der Waals surface area contributed by atoms with Gasteiger partial charge in [-0.05, 0) is 24.6 Å². The number of aryl methyl sites for hydroxylation is 1. The SMILES string of the molecule is Cc1csc(CN2CCN(c3ccccc3C=CC(=O)NO)CC2)n1. The first-order valence-corrected chi connectivity index (χ1v) is 9.13. The molecule has 0 aliphatic carbocycles. The van der Waals surface area contributed by atoms with E-state index in [1.165, 1.54) is 11.1 Å². The Bertz CT molecular complexity index is 751. The number of hydrogen-bond donors (Lipinski definition) is 2. The molecular weight excluding hydrogens is 336 g/mol. The largest absolute Gasteiger partial charge is 0.368 e. The Balaban J connectivity index is 1.63. The summed E-state index contributed by atoms with van der Waals surface area (Å²) in [6.45, 7) is 6.76. The molecule has 2 heterocycles. The number of carbonyl (C=O) groups excluding carboxylic acids is 1. The number of nitrogens with one attached hydrogen (secondary N) is 1. The van der Waals surface area contributed by atoms with Crippen molar-refractivity contribution in [2.45, 2.75) is 13.5 Å². The van der Waals surface area contributed by atoms with Crippen LogP contribution in [0.1, 0.15) is 16.3 Å². The van der Waals surface area contributed by atoms with Gasteiger partial charge in [-0.3, -0.25) is 14.9 Å². The van der Waals surface area contributed by atoms with Gasteiger partial charge in [-0.15, -0.1) is 11.3 Å². The van der Waals surface area contributed by atoms with Gasteiger partial charge in [0, 0.05) is 49.0 Å². The molecule has 1 aliphatic heterocycles. The van der Waals surface area contributed by atoms with E-state index in [2.05, 4.69) is 26.2 Å². The van der Waals surface area contributed by atoms with Gasteiger partial charge in [0.15, 0.2) is 0 Å². The number of para-hydroxylation sites is 1. The fraction of sp³-hybridized carbons (Fsp3) is 0.333. The molecule has 25 heavy (non-hydrogen) atoms. The predicted molar refractivity (Wildman–Crippen MR) is 99.7 cm³/mol. The van der Waals surface area contributed by atoms with Crippen LogP contribution in [0.25, 0.3) is 6.08 Å². The third-order valence-corrected chi connectivity index (χ3v) is 5.15. The second-order valence-corrected chi connectivity index (χ2v) is 6.96. The highest BCUT2D eigenvalue weighted by atomic mass is 32.1. The second-order valence-electron chi connectivity index (χ2n) is 6.01. The molecule has 0 radical (unpaired) electrons. The second kappa shape index (κ2) is 8.24. The molecule has 1 aromatic heterocycles. The molecular formula is C18H22N4O2S. The smallest absolute Gasteiger partial charge is 0.267 e. The molecule has 0 bridgehead atoms. The summed E-state index contributed by atoms with van der Waals surface area (Å²) in [5, 5.41) is 11.9. The van der Waals surface area contributed by atoms with Crippen LogP contribution in [0.15, 0.2) is 35.7 Å². The summed E-state index contributed by atoms with van der Waals surface area (Å²) in [7, 11) is 0. The van der Waals surface area contributed by atoms with E-state index < -0.39 is 5.91 Å². The van der Waals surface area contributed by atoms with Crippen molar-refractivity contribution in [3.05, 3.63) is 52.0 Å². The molecule has 0 atom stereocenters. The van der Waals surface area contributed by atoms with Gasteiger partial charge in [0.2, 0.25) is 0 Å². The number of piperazine rings is 1. The summed E-state index contributed by atoms with van der Waals surface area (Å²) in [4.78, 5) is 20.5. The Kier molecular flexibility index (Phi) is 5.80. The third-order valence-electron chi connectivity index (χ3n) is 4.20. The molecule has 1 aromatic carbocycles. The Labute approximate surface area is 151 Å². The van der Waals surface area contributed by atoms with Crippen molar-refractivity contribution in [2.75, 3.05) is 31.1 Å². The highest BCUT2D eigenvalue weighted by molar-refractivity contribution is 7.09. The van der Waals surface area contributed by atoms with E-state index in [9.17, 15) is 4.79 Å². The van der Waals surface area contributed by atoms with Crippen LogP contribution in [-0.4, -0.2) is 47.2 Å². The summed E-state index contributed by atoms with van der Waals surface area (Å²) >= 11 is 1.72. The molecule has 2 aromatic rings. The van der Waals surface area contributed by atoms with Crippen LogP contribution in [0.5, 0.6) is 0 Å². The zero-order valence-electron chi connectivity index (χ0n) is 14.2. The maximum absolute atomic E-state index is 11.2. The van der Waals surface area contributed by atoms with Gasteiger partial charge in [0.1, 0.15) is 5.01 Å². The third kappa shape index (κ3) is 4.66. The molecule has 1 saturated heterocycles. The molecule has 2 N–H and O–H groups in total. The number of amides is 1. The van der Waals surface area contributed by atoms with Crippen LogP contribution in [0.3, 0.4) is 0 Å². The highest BCUT2D eigenvalue weighted by Gasteiger charge is 2.19. The number of aromatic nitrogens is 1. The Morgan fingerprint density at radius 1 is 1.32 bits per heavy atom. The van der Waals surface area contributed by atoms with E-state index in [1.54, 1.807) is 22.9 Å². The molecule has 1 amide bonds. The van der Waals surface area contributed by atoms with Crippen LogP contribution in [0.2, 0.25) is 0 Å². The molecule has 3 rings (SSSR count). The van der Waals surface area contributed by atoms with Crippen LogP contribution in [0.4, 0.5) is 5.69 Å². The number of rotatable bonds is 5. The Morgan fingerprint density at radius 2 is 2.08 bits per heavy atom. The number of hydroxylamine groups is 1. The quantitative estimate of drug-likeness (QED) is 0.488. The van der Waals surface area contributed by atoms with Crippen molar-refractivity contribution in [1.82, 2.24) is 15.4 Å². The summed E-state index contributed by atoms with van der Waals surface area (Å²) in [5.41, 5.74) is 4.78.